The molecule has 1 aromatic heterocycles. The number of carbonyl (C=O) groups is 2. The van der Waals surface area contributed by atoms with Crippen LogP contribution in [0.2, 0.25) is 0 Å². The van der Waals surface area contributed by atoms with Gasteiger partial charge in [-0.05, 0) is 39.0 Å². The van der Waals surface area contributed by atoms with Gasteiger partial charge in [-0.2, -0.15) is 0 Å². The van der Waals surface area contributed by atoms with Crippen molar-refractivity contribution >= 4 is 22.8 Å². The first-order valence-electron chi connectivity index (χ1n) is 8.15. The summed E-state index contributed by atoms with van der Waals surface area (Å²) in [4.78, 5) is 26.5. The molecule has 1 heterocycles. The molecule has 0 aliphatic heterocycles. The molecule has 0 spiro atoms. The Labute approximate surface area is 150 Å². The molecule has 8 heteroatoms. The molecule has 1 unspecified atom stereocenters. The standard InChI is InChI=1S/C18H23FN2O5/c1-18(2,3)26-8-7-12(17(23)24)21-16(22)13-9-10-14(25-4)6-5-11(19)15(10)20-13/h5-6,9,12,20H,7-8H2,1-4H3,(H,21,22)(H,23,24). The molecule has 1 aromatic carbocycles. The number of amides is 1. The number of methoxy groups -OCH3 is 1. The predicted octanol–water partition coefficient (Wildman–Crippen LogP) is 2.70. The van der Waals surface area contributed by atoms with E-state index in [0.717, 1.165) is 0 Å². The second kappa shape index (κ2) is 7.74. The normalized spacial score (nSPS) is 12.8. The van der Waals surface area contributed by atoms with E-state index in [1.165, 1.54) is 25.3 Å². The van der Waals surface area contributed by atoms with Crippen molar-refractivity contribution in [3.8, 4) is 5.75 Å². The Morgan fingerprint density at radius 1 is 1.35 bits per heavy atom. The van der Waals surface area contributed by atoms with Gasteiger partial charge in [-0.25, -0.2) is 9.18 Å². The largest absolute Gasteiger partial charge is 0.496 e. The van der Waals surface area contributed by atoms with Gasteiger partial charge in [0, 0.05) is 18.4 Å². The molecule has 1 atom stereocenters. The van der Waals surface area contributed by atoms with Gasteiger partial charge in [-0.1, -0.05) is 0 Å². The van der Waals surface area contributed by atoms with Gasteiger partial charge >= 0.3 is 5.97 Å². The first kappa shape index (κ1) is 19.7. The summed E-state index contributed by atoms with van der Waals surface area (Å²) in [6.07, 6.45) is 0.107. The van der Waals surface area contributed by atoms with Gasteiger partial charge in [0.2, 0.25) is 0 Å². The van der Waals surface area contributed by atoms with Crippen LogP contribution >= 0.6 is 0 Å². The van der Waals surface area contributed by atoms with Crippen molar-refractivity contribution in [1.82, 2.24) is 10.3 Å². The van der Waals surface area contributed by atoms with E-state index >= 15 is 0 Å². The molecule has 0 radical (unpaired) electrons. The maximum atomic E-state index is 13.9. The quantitative estimate of drug-likeness (QED) is 0.699. The first-order valence-corrected chi connectivity index (χ1v) is 8.15. The lowest BCUT2D eigenvalue weighted by Gasteiger charge is -2.21. The van der Waals surface area contributed by atoms with E-state index in [2.05, 4.69) is 10.3 Å². The molecule has 0 saturated carbocycles. The zero-order valence-electron chi connectivity index (χ0n) is 15.2. The molecule has 1 amide bonds. The van der Waals surface area contributed by atoms with E-state index < -0.39 is 29.3 Å². The monoisotopic (exact) mass is 366 g/mol. The number of hydrogen-bond donors (Lipinski definition) is 3. The molecule has 0 saturated heterocycles. The average molecular weight is 366 g/mol. The molecule has 26 heavy (non-hydrogen) atoms. The van der Waals surface area contributed by atoms with Crippen LogP contribution in [0.15, 0.2) is 18.2 Å². The summed E-state index contributed by atoms with van der Waals surface area (Å²) in [6.45, 7) is 5.74. The molecule has 2 aromatic rings. The summed E-state index contributed by atoms with van der Waals surface area (Å²) in [7, 11) is 1.44. The van der Waals surface area contributed by atoms with Crippen molar-refractivity contribution in [2.24, 2.45) is 0 Å². The Morgan fingerprint density at radius 3 is 2.62 bits per heavy atom. The van der Waals surface area contributed by atoms with Crippen molar-refractivity contribution in [3.05, 3.63) is 29.7 Å². The van der Waals surface area contributed by atoms with Gasteiger partial charge in [-0.15, -0.1) is 0 Å². The average Bonchev–Trinajstić information content (AvgIpc) is 2.99. The minimum absolute atomic E-state index is 0.0476. The zero-order chi connectivity index (χ0) is 19.5. The molecule has 0 fully saturated rings. The van der Waals surface area contributed by atoms with Gasteiger partial charge in [0.15, 0.2) is 0 Å². The highest BCUT2D eigenvalue weighted by Crippen LogP contribution is 2.28. The first-order chi connectivity index (χ1) is 12.1. The lowest BCUT2D eigenvalue weighted by Crippen LogP contribution is -2.42. The molecule has 0 aliphatic rings. The summed E-state index contributed by atoms with van der Waals surface area (Å²) in [5, 5.41) is 12.1. The molecule has 142 valence electrons. The summed E-state index contributed by atoms with van der Waals surface area (Å²) < 4.78 is 24.6. The number of H-pyrrole nitrogens is 1. The number of aliphatic carboxylic acids is 1. The summed E-state index contributed by atoms with van der Waals surface area (Å²) >= 11 is 0. The van der Waals surface area contributed by atoms with E-state index in [1.54, 1.807) is 0 Å². The number of aromatic amines is 1. The third-order valence-corrected chi connectivity index (χ3v) is 3.71. The lowest BCUT2D eigenvalue weighted by molar-refractivity contribution is -0.140. The number of nitrogens with one attached hydrogen (secondary N) is 2. The van der Waals surface area contributed by atoms with E-state index in [9.17, 15) is 19.1 Å². The lowest BCUT2D eigenvalue weighted by atomic mass is 10.1. The van der Waals surface area contributed by atoms with E-state index in [-0.39, 0.29) is 24.2 Å². The number of carboxylic acids is 1. The zero-order valence-corrected chi connectivity index (χ0v) is 15.2. The van der Waals surface area contributed by atoms with Gasteiger partial charge in [0.25, 0.3) is 5.91 Å². The fraction of sp³-hybridized carbons (Fsp3) is 0.444. The van der Waals surface area contributed by atoms with Crippen LogP contribution in [-0.4, -0.2) is 47.3 Å². The van der Waals surface area contributed by atoms with E-state index in [1.807, 2.05) is 20.8 Å². The molecular weight excluding hydrogens is 343 g/mol. The Bertz CT molecular complexity index is 810. The van der Waals surface area contributed by atoms with Crippen LogP contribution < -0.4 is 10.1 Å². The number of carbonyl (C=O) groups excluding carboxylic acids is 1. The fourth-order valence-electron chi connectivity index (χ4n) is 2.44. The number of fused-ring (bicyclic) bond motifs is 1. The van der Waals surface area contributed by atoms with Crippen molar-refractivity contribution < 1.29 is 28.6 Å². The van der Waals surface area contributed by atoms with Crippen LogP contribution in [0.5, 0.6) is 5.75 Å². The van der Waals surface area contributed by atoms with Gasteiger partial charge in [-0.3, -0.25) is 4.79 Å². The highest BCUT2D eigenvalue weighted by Gasteiger charge is 2.23. The SMILES string of the molecule is COc1ccc(F)c2[nH]c(C(=O)NC(CCOC(C)(C)C)C(=O)O)cc12. The number of carboxylic acid groups (broad SMARTS) is 1. The summed E-state index contributed by atoms with van der Waals surface area (Å²) in [6, 6.07) is 2.99. The third kappa shape index (κ3) is 4.72. The highest BCUT2D eigenvalue weighted by atomic mass is 19.1. The highest BCUT2D eigenvalue weighted by molar-refractivity contribution is 6.01. The Balaban J connectivity index is 2.15. The van der Waals surface area contributed by atoms with Crippen LogP contribution in [0, 0.1) is 5.82 Å². The van der Waals surface area contributed by atoms with Crippen molar-refractivity contribution in [2.45, 2.75) is 38.8 Å². The topological polar surface area (TPSA) is 101 Å². The molecule has 7 nitrogen and oxygen atoms in total. The smallest absolute Gasteiger partial charge is 0.326 e. The van der Waals surface area contributed by atoms with Gasteiger partial charge in [0.1, 0.15) is 23.3 Å². The number of hydrogen-bond acceptors (Lipinski definition) is 4. The maximum absolute atomic E-state index is 13.9. The maximum Gasteiger partial charge on any atom is 0.326 e. The number of ether oxygens (including phenoxy) is 2. The molecule has 0 aliphatic carbocycles. The van der Waals surface area contributed by atoms with Crippen LogP contribution in [0.1, 0.15) is 37.7 Å². The number of rotatable bonds is 7. The predicted molar refractivity (Wildman–Crippen MR) is 94.0 cm³/mol. The second-order valence-electron chi connectivity index (χ2n) is 6.84. The minimum Gasteiger partial charge on any atom is -0.496 e. The van der Waals surface area contributed by atoms with Crippen molar-refractivity contribution in [3.63, 3.8) is 0 Å². The van der Waals surface area contributed by atoms with E-state index in [0.29, 0.717) is 11.1 Å². The molecule has 0 bridgehead atoms. The summed E-state index contributed by atoms with van der Waals surface area (Å²) in [5.41, 5.74) is -0.234. The van der Waals surface area contributed by atoms with Gasteiger partial charge < -0.3 is 24.9 Å². The van der Waals surface area contributed by atoms with Crippen LogP contribution in [-0.2, 0) is 9.53 Å². The fourth-order valence-corrected chi connectivity index (χ4v) is 2.44. The van der Waals surface area contributed by atoms with Crippen molar-refractivity contribution in [2.75, 3.05) is 13.7 Å². The van der Waals surface area contributed by atoms with Crippen LogP contribution in [0.4, 0.5) is 4.39 Å². The van der Waals surface area contributed by atoms with E-state index in [4.69, 9.17) is 9.47 Å². The number of aromatic nitrogens is 1. The Hall–Kier alpha value is -2.61. The number of benzene rings is 1. The van der Waals surface area contributed by atoms with Crippen molar-refractivity contribution in [1.29, 1.82) is 0 Å². The summed E-state index contributed by atoms with van der Waals surface area (Å²) in [5.74, 6) is -1.94. The molecule has 3 N–H and O–H groups in total. The Kier molecular flexibility index (Phi) is 5.86. The number of halogens is 1. The van der Waals surface area contributed by atoms with Gasteiger partial charge in [0.05, 0.1) is 18.2 Å². The minimum atomic E-state index is -1.17. The van der Waals surface area contributed by atoms with Crippen LogP contribution in [0.3, 0.4) is 0 Å². The van der Waals surface area contributed by atoms with Crippen LogP contribution in [0.25, 0.3) is 10.9 Å². The molecule has 2 rings (SSSR count). The third-order valence-electron chi connectivity index (χ3n) is 3.71. The second-order valence-corrected chi connectivity index (χ2v) is 6.84. The molecular formula is C18H23FN2O5. The Morgan fingerprint density at radius 2 is 2.04 bits per heavy atom.